The van der Waals surface area contributed by atoms with E-state index in [2.05, 4.69) is 78.0 Å². The quantitative estimate of drug-likeness (QED) is 0.755. The Morgan fingerprint density at radius 3 is 2.00 bits per heavy atom. The molecule has 0 saturated carbocycles. The molecule has 108 valence electrons. The van der Waals surface area contributed by atoms with Crippen molar-refractivity contribution in [3.8, 4) is 0 Å². The molecular weight excluding hydrogens is 247 g/mol. The summed E-state index contributed by atoms with van der Waals surface area (Å²) in [6, 6.07) is 8.50. The second-order valence-electron chi connectivity index (χ2n) is 6.75. The lowest BCUT2D eigenvalue weighted by molar-refractivity contribution is 0.00578. The summed E-state index contributed by atoms with van der Waals surface area (Å²) in [5.41, 5.74) is 1.97. The summed E-state index contributed by atoms with van der Waals surface area (Å²) >= 11 is 0. The molecule has 0 aromatic heterocycles. The van der Waals surface area contributed by atoms with Crippen molar-refractivity contribution in [1.29, 1.82) is 0 Å². The number of benzene rings is 1. The van der Waals surface area contributed by atoms with Crippen LogP contribution in [0, 0.1) is 6.92 Å². The third-order valence-corrected chi connectivity index (χ3v) is 4.37. The summed E-state index contributed by atoms with van der Waals surface area (Å²) in [4.78, 5) is 0. The molecule has 0 N–H and O–H groups in total. The van der Waals surface area contributed by atoms with E-state index in [1.165, 1.54) is 11.1 Å². The molecule has 0 spiro atoms. The molecule has 2 nitrogen and oxygen atoms in total. The van der Waals surface area contributed by atoms with Gasteiger partial charge in [-0.3, -0.25) is 0 Å². The minimum Gasteiger partial charge on any atom is -0.403 e. The smallest absolute Gasteiger partial charge is 0.403 e. The Balaban J connectivity index is 2.03. The number of hydrogen-bond donors (Lipinski definition) is 0. The van der Waals surface area contributed by atoms with Gasteiger partial charge >= 0.3 is 7.12 Å². The van der Waals surface area contributed by atoms with Crippen molar-refractivity contribution in [2.24, 2.45) is 0 Å². The highest BCUT2D eigenvalue weighted by Gasteiger charge is 2.52. The summed E-state index contributed by atoms with van der Waals surface area (Å²) in [5, 5.41) is 0. The van der Waals surface area contributed by atoms with Crippen molar-refractivity contribution in [2.45, 2.75) is 58.6 Å². The minimum atomic E-state index is -0.260. The van der Waals surface area contributed by atoms with Crippen LogP contribution < -0.4 is 0 Å². The van der Waals surface area contributed by atoms with E-state index in [-0.39, 0.29) is 24.1 Å². The van der Waals surface area contributed by atoms with Crippen molar-refractivity contribution < 1.29 is 9.31 Å². The van der Waals surface area contributed by atoms with Gasteiger partial charge in [-0.15, -0.1) is 0 Å². The van der Waals surface area contributed by atoms with Gasteiger partial charge in [-0.1, -0.05) is 48.9 Å². The fourth-order valence-electron chi connectivity index (χ4n) is 2.13. The summed E-state index contributed by atoms with van der Waals surface area (Å²) < 4.78 is 12.1. The highest BCUT2D eigenvalue weighted by atomic mass is 16.7. The molecule has 1 atom stereocenters. The molecule has 0 aliphatic carbocycles. The highest BCUT2D eigenvalue weighted by Crippen LogP contribution is 2.40. The molecule has 1 unspecified atom stereocenters. The molecule has 0 radical (unpaired) electrons. The van der Waals surface area contributed by atoms with Gasteiger partial charge in [-0.2, -0.15) is 0 Å². The van der Waals surface area contributed by atoms with Crippen LogP contribution in [0.1, 0.15) is 45.7 Å². The van der Waals surface area contributed by atoms with Crippen molar-refractivity contribution in [3.05, 3.63) is 41.5 Å². The van der Waals surface area contributed by atoms with Gasteiger partial charge in [-0.05, 0) is 40.2 Å². The first-order valence-corrected chi connectivity index (χ1v) is 7.32. The number of aryl methyl sites for hydroxylation is 1. The monoisotopic (exact) mass is 272 g/mol. The predicted molar refractivity (Wildman–Crippen MR) is 85.7 cm³/mol. The molecule has 2 rings (SSSR count). The van der Waals surface area contributed by atoms with Gasteiger partial charge in [0.15, 0.2) is 0 Å². The third kappa shape index (κ3) is 3.16. The Kier molecular flexibility index (Phi) is 4.13. The van der Waals surface area contributed by atoms with Crippen molar-refractivity contribution in [2.75, 3.05) is 0 Å². The van der Waals surface area contributed by atoms with Crippen LogP contribution >= 0.6 is 0 Å². The molecule has 1 saturated heterocycles. The largest absolute Gasteiger partial charge is 0.464 e. The second kappa shape index (κ2) is 5.38. The maximum Gasteiger partial charge on any atom is 0.464 e. The number of allylic oxidation sites excluding steroid dienone is 1. The Labute approximate surface area is 123 Å². The fourth-order valence-corrected chi connectivity index (χ4v) is 2.13. The Bertz CT molecular complexity index is 472. The van der Waals surface area contributed by atoms with Crippen LogP contribution in [-0.2, 0) is 9.31 Å². The molecule has 3 heteroatoms. The van der Waals surface area contributed by atoms with Gasteiger partial charge in [0.05, 0.1) is 11.2 Å². The van der Waals surface area contributed by atoms with E-state index in [0.717, 1.165) is 0 Å². The van der Waals surface area contributed by atoms with E-state index < -0.39 is 0 Å². The van der Waals surface area contributed by atoms with Gasteiger partial charge in [0.2, 0.25) is 0 Å². The Morgan fingerprint density at radius 2 is 1.50 bits per heavy atom. The molecule has 1 aromatic carbocycles. The van der Waals surface area contributed by atoms with E-state index in [9.17, 15) is 0 Å². The van der Waals surface area contributed by atoms with Gasteiger partial charge < -0.3 is 9.31 Å². The van der Waals surface area contributed by atoms with Crippen molar-refractivity contribution in [1.82, 2.24) is 0 Å². The second-order valence-corrected chi connectivity index (χ2v) is 6.75. The zero-order valence-electron chi connectivity index (χ0n) is 13.4. The van der Waals surface area contributed by atoms with Crippen molar-refractivity contribution in [3.63, 3.8) is 0 Å². The van der Waals surface area contributed by atoms with E-state index in [1.54, 1.807) is 0 Å². The lowest BCUT2D eigenvalue weighted by Crippen LogP contribution is -2.41. The highest BCUT2D eigenvalue weighted by molar-refractivity contribution is 6.48. The molecule has 1 fully saturated rings. The maximum absolute atomic E-state index is 6.06. The van der Waals surface area contributed by atoms with Gasteiger partial charge in [0, 0.05) is 5.82 Å². The zero-order chi connectivity index (χ0) is 15.0. The molecule has 1 heterocycles. The predicted octanol–water partition coefficient (Wildman–Crippen LogP) is 4.49. The van der Waals surface area contributed by atoms with Crippen LogP contribution in [-0.4, -0.2) is 18.3 Å². The van der Waals surface area contributed by atoms with Crippen LogP contribution in [0.15, 0.2) is 30.3 Å². The van der Waals surface area contributed by atoms with E-state index in [4.69, 9.17) is 9.31 Å². The topological polar surface area (TPSA) is 18.5 Å². The SMILES string of the molecule is Cc1ccc(/C=C\C(C)B2OC(C)(C)C(C)(C)O2)cc1. The summed E-state index contributed by atoms with van der Waals surface area (Å²) in [7, 11) is -0.179. The van der Waals surface area contributed by atoms with Gasteiger partial charge in [0.1, 0.15) is 0 Å². The van der Waals surface area contributed by atoms with E-state index in [0.29, 0.717) is 0 Å². The normalized spacial score (nSPS) is 22.4. The molecule has 1 aromatic rings. The minimum absolute atomic E-state index is 0.179. The maximum atomic E-state index is 6.06. The van der Waals surface area contributed by atoms with Crippen LogP contribution in [0.2, 0.25) is 5.82 Å². The fraction of sp³-hybridized carbons (Fsp3) is 0.529. The molecule has 0 amide bonds. The first kappa shape index (κ1) is 15.3. The van der Waals surface area contributed by atoms with Crippen molar-refractivity contribution >= 4 is 13.2 Å². The molecule has 0 bridgehead atoms. The summed E-state index contributed by atoms with van der Waals surface area (Å²) in [6.07, 6.45) is 4.29. The van der Waals surface area contributed by atoms with Gasteiger partial charge in [0.25, 0.3) is 0 Å². The molecule has 20 heavy (non-hydrogen) atoms. The first-order chi connectivity index (χ1) is 9.21. The Morgan fingerprint density at radius 1 is 1.00 bits per heavy atom. The number of hydrogen-bond acceptors (Lipinski definition) is 2. The van der Waals surface area contributed by atoms with Crippen LogP contribution in [0.4, 0.5) is 0 Å². The first-order valence-electron chi connectivity index (χ1n) is 7.32. The molecular formula is C17H25BO2. The van der Waals surface area contributed by atoms with Crippen LogP contribution in [0.25, 0.3) is 6.08 Å². The lowest BCUT2D eigenvalue weighted by Gasteiger charge is -2.32. The van der Waals surface area contributed by atoms with Crippen LogP contribution in [0.3, 0.4) is 0 Å². The molecule has 1 aliphatic rings. The third-order valence-electron chi connectivity index (χ3n) is 4.37. The average Bonchev–Trinajstić information content (AvgIpc) is 2.57. The lowest BCUT2D eigenvalue weighted by atomic mass is 9.73. The standard InChI is InChI=1S/C17H25BO2/c1-13-7-10-15(11-8-13)12-9-14(2)18-19-16(3,4)17(5,6)20-18/h7-12,14H,1-6H3/b12-9-. The zero-order valence-corrected chi connectivity index (χ0v) is 13.4. The average molecular weight is 272 g/mol. The number of rotatable bonds is 3. The van der Waals surface area contributed by atoms with Gasteiger partial charge in [-0.25, -0.2) is 0 Å². The Hall–Kier alpha value is -1.06. The van der Waals surface area contributed by atoms with E-state index in [1.807, 2.05) is 0 Å². The van der Waals surface area contributed by atoms with Crippen LogP contribution in [0.5, 0.6) is 0 Å². The summed E-state index contributed by atoms with van der Waals surface area (Å²) in [6.45, 7) is 12.6. The summed E-state index contributed by atoms with van der Waals surface area (Å²) in [5.74, 6) is 0.220. The van der Waals surface area contributed by atoms with E-state index >= 15 is 0 Å². The molecule has 1 aliphatic heterocycles.